The van der Waals surface area contributed by atoms with Gasteiger partial charge >= 0.3 is 0 Å². The lowest BCUT2D eigenvalue weighted by atomic mass is 10.5. The number of nitrogens with zero attached hydrogens (tertiary/aromatic N) is 5. The summed E-state index contributed by atoms with van der Waals surface area (Å²) in [4.78, 5) is 8.88. The van der Waals surface area contributed by atoms with E-state index in [0.29, 0.717) is 19.0 Å². The molecule has 2 heterocycles. The molecular weight excluding hydrogens is 276 g/mol. The van der Waals surface area contributed by atoms with Gasteiger partial charge in [0, 0.05) is 26.3 Å². The molecule has 2 aromatic rings. The highest BCUT2D eigenvalue weighted by atomic mass is 32.2. The fourth-order valence-electron chi connectivity index (χ4n) is 1.51. The highest BCUT2D eigenvalue weighted by molar-refractivity contribution is 7.99. The molecule has 0 aliphatic rings. The third kappa shape index (κ3) is 3.91. The van der Waals surface area contributed by atoms with Crippen molar-refractivity contribution in [3.8, 4) is 0 Å². The van der Waals surface area contributed by atoms with Crippen molar-refractivity contribution in [1.29, 1.82) is 0 Å². The largest absolute Gasteiger partial charge is 0.374 e. The van der Waals surface area contributed by atoms with Crippen LogP contribution in [0.25, 0.3) is 0 Å². The van der Waals surface area contributed by atoms with Crippen molar-refractivity contribution in [2.45, 2.75) is 30.6 Å². The molecule has 0 fully saturated rings. The molecule has 0 radical (unpaired) electrons. The van der Waals surface area contributed by atoms with E-state index in [9.17, 15) is 0 Å². The first-order valence-corrected chi connectivity index (χ1v) is 7.26. The van der Waals surface area contributed by atoms with Crippen LogP contribution in [0, 0.1) is 0 Å². The molecule has 0 aliphatic carbocycles. The van der Waals surface area contributed by atoms with Crippen LogP contribution in [0.3, 0.4) is 0 Å². The summed E-state index contributed by atoms with van der Waals surface area (Å²) in [5.41, 5.74) is 0. The molecule has 0 saturated heterocycles. The quantitative estimate of drug-likeness (QED) is 0.779. The Morgan fingerprint density at radius 2 is 2.20 bits per heavy atom. The second-order valence-electron chi connectivity index (χ2n) is 4.00. The Labute approximate surface area is 122 Å². The molecule has 0 saturated carbocycles. The van der Waals surface area contributed by atoms with E-state index < -0.39 is 0 Å². The molecule has 0 bridgehead atoms. The van der Waals surface area contributed by atoms with Gasteiger partial charge < -0.3 is 14.6 Å². The zero-order valence-electron chi connectivity index (χ0n) is 11.8. The van der Waals surface area contributed by atoms with Crippen molar-refractivity contribution in [1.82, 2.24) is 24.7 Å². The monoisotopic (exact) mass is 294 g/mol. The molecule has 0 unspecified atom stereocenters. The van der Waals surface area contributed by atoms with E-state index in [-0.39, 0.29) is 0 Å². The SMILES string of the molecule is CCNc1cc(Sc2nncn2C)nc(COCC)n1. The van der Waals surface area contributed by atoms with Crippen molar-refractivity contribution in [2.75, 3.05) is 18.5 Å². The summed E-state index contributed by atoms with van der Waals surface area (Å²) >= 11 is 1.45. The summed E-state index contributed by atoms with van der Waals surface area (Å²) in [6.45, 7) is 5.82. The van der Waals surface area contributed by atoms with Crippen LogP contribution < -0.4 is 5.32 Å². The first-order chi connectivity index (χ1) is 9.72. The molecule has 0 aromatic carbocycles. The van der Waals surface area contributed by atoms with Crippen molar-refractivity contribution in [3.63, 3.8) is 0 Å². The number of aromatic nitrogens is 5. The highest BCUT2D eigenvalue weighted by Gasteiger charge is 2.09. The Morgan fingerprint density at radius 3 is 2.85 bits per heavy atom. The Morgan fingerprint density at radius 1 is 1.35 bits per heavy atom. The fourth-order valence-corrected chi connectivity index (χ4v) is 2.30. The van der Waals surface area contributed by atoms with Crippen molar-refractivity contribution in [2.24, 2.45) is 7.05 Å². The Bertz CT molecular complexity index is 559. The predicted molar refractivity (Wildman–Crippen MR) is 76.7 cm³/mol. The van der Waals surface area contributed by atoms with Crippen LogP contribution in [0.4, 0.5) is 5.82 Å². The van der Waals surface area contributed by atoms with Crippen LogP contribution in [0.2, 0.25) is 0 Å². The highest BCUT2D eigenvalue weighted by Crippen LogP contribution is 2.25. The number of anilines is 1. The van der Waals surface area contributed by atoms with Gasteiger partial charge in [0.2, 0.25) is 0 Å². The van der Waals surface area contributed by atoms with Gasteiger partial charge in [0.1, 0.15) is 23.8 Å². The maximum atomic E-state index is 5.37. The minimum Gasteiger partial charge on any atom is -0.374 e. The van der Waals surface area contributed by atoms with Gasteiger partial charge in [-0.15, -0.1) is 10.2 Å². The lowest BCUT2D eigenvalue weighted by molar-refractivity contribution is 0.128. The summed E-state index contributed by atoms with van der Waals surface area (Å²) < 4.78 is 7.22. The lowest BCUT2D eigenvalue weighted by Crippen LogP contribution is -2.06. The molecule has 0 spiro atoms. The Balaban J connectivity index is 2.21. The maximum Gasteiger partial charge on any atom is 0.197 e. The summed E-state index contributed by atoms with van der Waals surface area (Å²) in [6, 6.07) is 1.90. The van der Waals surface area contributed by atoms with E-state index in [1.54, 1.807) is 6.33 Å². The molecule has 7 nitrogen and oxygen atoms in total. The zero-order chi connectivity index (χ0) is 14.4. The molecule has 0 aliphatic heterocycles. The van der Waals surface area contributed by atoms with Gasteiger partial charge in [0.25, 0.3) is 0 Å². The van der Waals surface area contributed by atoms with E-state index in [1.807, 2.05) is 31.5 Å². The number of hydrogen-bond donors (Lipinski definition) is 1. The predicted octanol–water partition coefficient (Wildman–Crippen LogP) is 1.72. The number of hydrogen-bond acceptors (Lipinski definition) is 7. The molecular formula is C12H18N6OS. The second-order valence-corrected chi connectivity index (χ2v) is 4.99. The van der Waals surface area contributed by atoms with E-state index in [4.69, 9.17) is 4.74 Å². The first-order valence-electron chi connectivity index (χ1n) is 6.44. The van der Waals surface area contributed by atoms with Crippen molar-refractivity contribution in [3.05, 3.63) is 18.2 Å². The minimum atomic E-state index is 0.405. The molecule has 8 heteroatoms. The van der Waals surface area contributed by atoms with E-state index >= 15 is 0 Å². The van der Waals surface area contributed by atoms with Crippen LogP contribution in [0.5, 0.6) is 0 Å². The first kappa shape index (κ1) is 14.7. The van der Waals surface area contributed by atoms with Crippen LogP contribution in [0.1, 0.15) is 19.7 Å². The van der Waals surface area contributed by atoms with Gasteiger partial charge in [0.05, 0.1) is 0 Å². The van der Waals surface area contributed by atoms with Crippen LogP contribution in [-0.2, 0) is 18.4 Å². The third-order valence-corrected chi connectivity index (χ3v) is 3.38. The Hall–Kier alpha value is -1.67. The zero-order valence-corrected chi connectivity index (χ0v) is 12.6. The second kappa shape index (κ2) is 7.20. The van der Waals surface area contributed by atoms with Gasteiger partial charge in [-0.2, -0.15) is 0 Å². The molecule has 20 heavy (non-hydrogen) atoms. The molecule has 2 rings (SSSR count). The fraction of sp³-hybridized carbons (Fsp3) is 0.500. The lowest BCUT2D eigenvalue weighted by Gasteiger charge is -2.08. The summed E-state index contributed by atoms with van der Waals surface area (Å²) in [5.74, 6) is 1.46. The van der Waals surface area contributed by atoms with Gasteiger partial charge in [-0.05, 0) is 25.6 Å². The standard InChI is InChI=1S/C12H18N6OS/c1-4-13-9-6-11(16-10(15-9)7-19-5-2)20-12-17-14-8-18(12)3/h6,8H,4-5,7H2,1-3H3,(H,13,15,16). The number of nitrogens with one attached hydrogen (secondary N) is 1. The van der Waals surface area contributed by atoms with Gasteiger partial charge in [-0.3, -0.25) is 0 Å². The van der Waals surface area contributed by atoms with Crippen LogP contribution in [-0.4, -0.2) is 37.9 Å². The van der Waals surface area contributed by atoms with E-state index in [2.05, 4.69) is 25.5 Å². The van der Waals surface area contributed by atoms with Crippen molar-refractivity contribution < 1.29 is 4.74 Å². The molecule has 0 amide bonds. The topological polar surface area (TPSA) is 77.8 Å². The normalized spacial score (nSPS) is 10.8. The smallest absolute Gasteiger partial charge is 0.197 e. The van der Waals surface area contributed by atoms with Gasteiger partial charge in [0.15, 0.2) is 11.0 Å². The van der Waals surface area contributed by atoms with E-state index in [0.717, 1.165) is 22.5 Å². The molecule has 1 N–H and O–H groups in total. The van der Waals surface area contributed by atoms with E-state index in [1.165, 1.54) is 11.8 Å². The summed E-state index contributed by atoms with van der Waals surface area (Å²) in [5, 5.41) is 12.7. The number of rotatable bonds is 7. The minimum absolute atomic E-state index is 0.405. The molecule has 108 valence electrons. The summed E-state index contributed by atoms with van der Waals surface area (Å²) in [7, 11) is 1.90. The number of aryl methyl sites for hydroxylation is 1. The average molecular weight is 294 g/mol. The average Bonchev–Trinajstić information content (AvgIpc) is 2.82. The third-order valence-electron chi connectivity index (χ3n) is 2.41. The van der Waals surface area contributed by atoms with Gasteiger partial charge in [-0.1, -0.05) is 0 Å². The van der Waals surface area contributed by atoms with Gasteiger partial charge in [-0.25, -0.2) is 9.97 Å². The van der Waals surface area contributed by atoms with Crippen LogP contribution in [0.15, 0.2) is 22.6 Å². The number of ether oxygens (including phenoxy) is 1. The van der Waals surface area contributed by atoms with Crippen LogP contribution >= 0.6 is 11.8 Å². The molecule has 0 atom stereocenters. The summed E-state index contributed by atoms with van der Waals surface area (Å²) in [6.07, 6.45) is 1.66. The molecule has 2 aromatic heterocycles. The Kier molecular flexibility index (Phi) is 5.31. The maximum absolute atomic E-state index is 5.37. The van der Waals surface area contributed by atoms with Crippen molar-refractivity contribution >= 4 is 17.6 Å².